The second kappa shape index (κ2) is 9.52. The molecule has 4 nitrogen and oxygen atoms in total. The van der Waals surface area contributed by atoms with Gasteiger partial charge in [0.05, 0.1) is 11.6 Å². The van der Waals surface area contributed by atoms with Crippen LogP contribution in [0.3, 0.4) is 0 Å². The maximum Gasteiger partial charge on any atom is 0.260 e. The van der Waals surface area contributed by atoms with Crippen molar-refractivity contribution in [3.63, 3.8) is 0 Å². The van der Waals surface area contributed by atoms with Gasteiger partial charge in [-0.2, -0.15) is 0 Å². The van der Waals surface area contributed by atoms with Crippen LogP contribution in [0, 0.1) is 0 Å². The van der Waals surface area contributed by atoms with Crippen LogP contribution >= 0.6 is 23.2 Å². The van der Waals surface area contributed by atoms with Gasteiger partial charge in [0, 0.05) is 31.3 Å². The van der Waals surface area contributed by atoms with Gasteiger partial charge in [-0.05, 0) is 17.7 Å². The second-order valence-electron chi connectivity index (χ2n) is 5.16. The molecule has 0 spiro atoms. The van der Waals surface area contributed by atoms with Gasteiger partial charge in [-0.3, -0.25) is 4.79 Å². The van der Waals surface area contributed by atoms with E-state index in [4.69, 9.17) is 32.7 Å². The number of hydrogen-bond acceptors (Lipinski definition) is 3. The van der Waals surface area contributed by atoms with Crippen molar-refractivity contribution in [2.24, 2.45) is 0 Å². The molecule has 0 bridgehead atoms. The standard InChI is InChI=1S/C18H19Cl2NO3/c1-23-10-9-21(12-14-5-3-2-4-6-14)18(22)13-24-17-11-15(19)7-8-16(17)20/h2-8,11H,9-10,12-13H2,1H3. The third-order valence-corrected chi connectivity index (χ3v) is 3.93. The van der Waals surface area contributed by atoms with Crippen molar-refractivity contribution >= 4 is 29.1 Å². The molecule has 24 heavy (non-hydrogen) atoms. The molecule has 0 saturated carbocycles. The summed E-state index contributed by atoms with van der Waals surface area (Å²) in [6.07, 6.45) is 0. The predicted molar refractivity (Wildman–Crippen MR) is 95.7 cm³/mol. The van der Waals surface area contributed by atoms with Gasteiger partial charge in [0.25, 0.3) is 5.91 Å². The number of amides is 1. The van der Waals surface area contributed by atoms with E-state index in [9.17, 15) is 4.79 Å². The van der Waals surface area contributed by atoms with Gasteiger partial charge in [-0.25, -0.2) is 0 Å². The molecular weight excluding hydrogens is 349 g/mol. The van der Waals surface area contributed by atoms with Crippen molar-refractivity contribution in [2.75, 3.05) is 26.9 Å². The van der Waals surface area contributed by atoms with Gasteiger partial charge in [-0.15, -0.1) is 0 Å². The van der Waals surface area contributed by atoms with Crippen LogP contribution in [-0.4, -0.2) is 37.7 Å². The normalized spacial score (nSPS) is 10.5. The number of halogens is 2. The number of benzene rings is 2. The summed E-state index contributed by atoms with van der Waals surface area (Å²) in [5, 5.41) is 0.918. The first-order chi connectivity index (χ1) is 11.6. The summed E-state index contributed by atoms with van der Waals surface area (Å²) < 4.78 is 10.6. The zero-order chi connectivity index (χ0) is 17.4. The SMILES string of the molecule is COCCN(Cc1ccccc1)C(=O)COc1cc(Cl)ccc1Cl. The van der Waals surface area contributed by atoms with Crippen molar-refractivity contribution in [2.45, 2.75) is 6.54 Å². The molecule has 0 heterocycles. The Kier molecular flexibility index (Phi) is 7.37. The molecule has 0 aliphatic carbocycles. The van der Waals surface area contributed by atoms with E-state index < -0.39 is 0 Å². The predicted octanol–water partition coefficient (Wildman–Crippen LogP) is 4.05. The molecule has 1 amide bonds. The van der Waals surface area contributed by atoms with Crippen molar-refractivity contribution in [3.05, 3.63) is 64.1 Å². The summed E-state index contributed by atoms with van der Waals surface area (Å²) in [5.41, 5.74) is 1.04. The van der Waals surface area contributed by atoms with Crippen molar-refractivity contribution in [3.8, 4) is 5.75 Å². The van der Waals surface area contributed by atoms with E-state index in [0.717, 1.165) is 5.56 Å². The Labute approximate surface area is 151 Å². The number of carbonyl (C=O) groups is 1. The van der Waals surface area contributed by atoms with Crippen LogP contribution in [-0.2, 0) is 16.1 Å². The minimum absolute atomic E-state index is 0.114. The molecule has 0 radical (unpaired) electrons. The van der Waals surface area contributed by atoms with Crippen LogP contribution < -0.4 is 4.74 Å². The molecule has 0 N–H and O–H groups in total. The van der Waals surface area contributed by atoms with Gasteiger partial charge >= 0.3 is 0 Å². The number of hydrogen-bond donors (Lipinski definition) is 0. The molecule has 0 unspecified atom stereocenters. The molecule has 0 aliphatic heterocycles. The van der Waals surface area contributed by atoms with E-state index in [-0.39, 0.29) is 12.5 Å². The highest BCUT2D eigenvalue weighted by molar-refractivity contribution is 6.34. The molecule has 0 fully saturated rings. The molecule has 128 valence electrons. The highest BCUT2D eigenvalue weighted by Gasteiger charge is 2.15. The number of rotatable bonds is 8. The third-order valence-electron chi connectivity index (χ3n) is 3.38. The van der Waals surface area contributed by atoms with Crippen LogP contribution in [0.2, 0.25) is 10.0 Å². The van der Waals surface area contributed by atoms with Crippen LogP contribution in [0.4, 0.5) is 0 Å². The summed E-state index contributed by atoms with van der Waals surface area (Å²) in [7, 11) is 1.60. The lowest BCUT2D eigenvalue weighted by atomic mass is 10.2. The smallest absolute Gasteiger partial charge is 0.260 e. The fourth-order valence-electron chi connectivity index (χ4n) is 2.12. The summed E-state index contributed by atoms with van der Waals surface area (Å²) in [6, 6.07) is 14.7. The van der Waals surface area contributed by atoms with E-state index in [2.05, 4.69) is 0 Å². The third kappa shape index (κ3) is 5.71. The first-order valence-electron chi connectivity index (χ1n) is 7.48. The fourth-order valence-corrected chi connectivity index (χ4v) is 2.45. The molecule has 0 aromatic heterocycles. The topological polar surface area (TPSA) is 38.8 Å². The fraction of sp³-hybridized carbons (Fsp3) is 0.278. The lowest BCUT2D eigenvalue weighted by molar-refractivity contribution is -0.134. The van der Waals surface area contributed by atoms with Crippen molar-refractivity contribution in [1.82, 2.24) is 4.90 Å². The summed E-state index contributed by atoms with van der Waals surface area (Å²) >= 11 is 12.0. The quantitative estimate of drug-likeness (QED) is 0.706. The minimum atomic E-state index is -0.146. The van der Waals surface area contributed by atoms with Crippen LogP contribution in [0.25, 0.3) is 0 Å². The largest absolute Gasteiger partial charge is 0.482 e. The summed E-state index contributed by atoms with van der Waals surface area (Å²) in [5.74, 6) is 0.246. The summed E-state index contributed by atoms with van der Waals surface area (Å²) in [6.45, 7) is 1.32. The number of carbonyl (C=O) groups excluding carboxylic acids is 1. The zero-order valence-electron chi connectivity index (χ0n) is 13.4. The Morgan fingerprint density at radius 2 is 1.88 bits per heavy atom. The monoisotopic (exact) mass is 367 g/mol. The van der Waals surface area contributed by atoms with Gasteiger partial charge in [-0.1, -0.05) is 53.5 Å². The maximum absolute atomic E-state index is 12.5. The molecule has 2 rings (SSSR count). The van der Waals surface area contributed by atoms with Crippen LogP contribution in [0.5, 0.6) is 5.75 Å². The first-order valence-corrected chi connectivity index (χ1v) is 8.24. The number of ether oxygens (including phenoxy) is 2. The van der Waals surface area contributed by atoms with E-state index in [1.807, 2.05) is 30.3 Å². The molecule has 0 aliphatic rings. The minimum Gasteiger partial charge on any atom is -0.482 e. The van der Waals surface area contributed by atoms with Gasteiger partial charge in [0.2, 0.25) is 0 Å². The van der Waals surface area contributed by atoms with E-state index in [1.165, 1.54) is 0 Å². The number of nitrogens with zero attached hydrogens (tertiary/aromatic N) is 1. The molecule has 0 saturated heterocycles. The molecule has 2 aromatic rings. The van der Waals surface area contributed by atoms with Gasteiger partial charge < -0.3 is 14.4 Å². The van der Waals surface area contributed by atoms with Crippen molar-refractivity contribution in [1.29, 1.82) is 0 Å². The molecule has 6 heteroatoms. The highest BCUT2D eigenvalue weighted by Crippen LogP contribution is 2.27. The van der Waals surface area contributed by atoms with Crippen LogP contribution in [0.15, 0.2) is 48.5 Å². The Morgan fingerprint density at radius 1 is 1.12 bits per heavy atom. The molecular formula is C18H19Cl2NO3. The molecule has 2 aromatic carbocycles. The van der Waals surface area contributed by atoms with Crippen LogP contribution in [0.1, 0.15) is 5.56 Å². The van der Waals surface area contributed by atoms with E-state index in [0.29, 0.717) is 35.5 Å². The maximum atomic E-state index is 12.5. The first kappa shape index (κ1) is 18.6. The van der Waals surface area contributed by atoms with Gasteiger partial charge in [0.1, 0.15) is 5.75 Å². The Hall–Kier alpha value is -1.75. The lowest BCUT2D eigenvalue weighted by Crippen LogP contribution is -2.36. The van der Waals surface area contributed by atoms with Gasteiger partial charge in [0.15, 0.2) is 6.61 Å². The Bertz CT molecular complexity index is 665. The van der Waals surface area contributed by atoms with E-state index in [1.54, 1.807) is 30.2 Å². The average molecular weight is 368 g/mol. The average Bonchev–Trinajstić information content (AvgIpc) is 2.60. The number of methoxy groups -OCH3 is 1. The highest BCUT2D eigenvalue weighted by atomic mass is 35.5. The second-order valence-corrected chi connectivity index (χ2v) is 6.00. The Morgan fingerprint density at radius 3 is 2.58 bits per heavy atom. The van der Waals surface area contributed by atoms with E-state index >= 15 is 0 Å². The lowest BCUT2D eigenvalue weighted by Gasteiger charge is -2.22. The molecule has 0 atom stereocenters. The zero-order valence-corrected chi connectivity index (χ0v) is 14.9. The van der Waals surface area contributed by atoms with Crippen molar-refractivity contribution < 1.29 is 14.3 Å². The summed E-state index contributed by atoms with van der Waals surface area (Å²) in [4.78, 5) is 14.2. The Balaban J connectivity index is 2.00.